The summed E-state index contributed by atoms with van der Waals surface area (Å²) in [5.74, 6) is 3.75. The second kappa shape index (κ2) is 5.00. The van der Waals surface area contributed by atoms with Gasteiger partial charge in [0.25, 0.3) is 0 Å². The van der Waals surface area contributed by atoms with Crippen molar-refractivity contribution in [3.63, 3.8) is 0 Å². The summed E-state index contributed by atoms with van der Waals surface area (Å²) in [4.78, 5) is 11.0. The number of ether oxygens (including phenoxy) is 1. The zero-order valence-electron chi connectivity index (χ0n) is 11.6. The Balaban J connectivity index is 1.47. The van der Waals surface area contributed by atoms with E-state index in [0.717, 1.165) is 18.8 Å². The second-order valence-electron chi connectivity index (χ2n) is 5.69. The molecule has 2 fully saturated rings. The first-order chi connectivity index (χ1) is 10.3. The molecule has 0 spiro atoms. The summed E-state index contributed by atoms with van der Waals surface area (Å²) in [6.45, 7) is 2.18. The zero-order valence-corrected chi connectivity index (χ0v) is 11.6. The third kappa shape index (κ3) is 2.34. The minimum Gasteiger partial charge on any atom is -0.439 e. The van der Waals surface area contributed by atoms with Crippen molar-refractivity contribution in [2.75, 3.05) is 24.6 Å². The van der Waals surface area contributed by atoms with Crippen molar-refractivity contribution in [3.8, 4) is 11.6 Å². The largest absolute Gasteiger partial charge is 0.439 e. The van der Waals surface area contributed by atoms with E-state index in [2.05, 4.69) is 14.9 Å². The highest BCUT2D eigenvalue weighted by molar-refractivity contribution is 5.38. The summed E-state index contributed by atoms with van der Waals surface area (Å²) >= 11 is 0. The molecule has 1 aliphatic heterocycles. The summed E-state index contributed by atoms with van der Waals surface area (Å²) in [5.41, 5.74) is 0. The van der Waals surface area contributed by atoms with Crippen molar-refractivity contribution in [3.05, 3.63) is 42.6 Å². The Hall–Kier alpha value is -2.14. The molecule has 5 heteroatoms. The lowest BCUT2D eigenvalue weighted by atomic mass is 10.3. The maximum atomic E-state index is 9.21. The second-order valence-corrected chi connectivity index (χ2v) is 5.69. The van der Waals surface area contributed by atoms with Crippen LogP contribution in [0.2, 0.25) is 0 Å². The fourth-order valence-corrected chi connectivity index (χ4v) is 3.23. The molecule has 0 bridgehead atoms. The van der Waals surface area contributed by atoms with Crippen LogP contribution in [0.5, 0.6) is 11.6 Å². The summed E-state index contributed by atoms with van der Waals surface area (Å²) in [7, 11) is 0. The van der Waals surface area contributed by atoms with E-state index in [1.807, 2.05) is 30.3 Å². The van der Waals surface area contributed by atoms with Crippen molar-refractivity contribution in [1.29, 1.82) is 0 Å². The SMILES string of the molecule is OCC1[C@H]2CN(c3nccc(Oc4ccccc4)n3)C[C@@H]12. The van der Waals surface area contributed by atoms with Crippen LogP contribution in [-0.4, -0.2) is 34.8 Å². The molecule has 2 heterocycles. The summed E-state index contributed by atoms with van der Waals surface area (Å²) in [5, 5.41) is 9.21. The molecular formula is C16H17N3O2. The number of fused-ring (bicyclic) bond motifs is 1. The molecule has 1 saturated heterocycles. The average molecular weight is 283 g/mol. The maximum Gasteiger partial charge on any atom is 0.228 e. The molecule has 5 nitrogen and oxygen atoms in total. The van der Waals surface area contributed by atoms with Crippen LogP contribution in [0.3, 0.4) is 0 Å². The average Bonchev–Trinajstić information content (AvgIpc) is 2.99. The first kappa shape index (κ1) is 12.6. The van der Waals surface area contributed by atoms with Crippen LogP contribution in [0.15, 0.2) is 42.6 Å². The Morgan fingerprint density at radius 2 is 1.90 bits per heavy atom. The first-order valence-electron chi connectivity index (χ1n) is 7.27. The van der Waals surface area contributed by atoms with Gasteiger partial charge in [-0.3, -0.25) is 0 Å². The van der Waals surface area contributed by atoms with E-state index in [4.69, 9.17) is 4.74 Å². The number of anilines is 1. The normalized spacial score (nSPS) is 26.5. The Kier molecular flexibility index (Phi) is 3.00. The molecule has 1 saturated carbocycles. The minimum absolute atomic E-state index is 0.307. The first-order valence-corrected chi connectivity index (χ1v) is 7.27. The molecule has 0 radical (unpaired) electrons. The Labute approximate surface area is 123 Å². The Morgan fingerprint density at radius 3 is 2.62 bits per heavy atom. The number of piperidine rings is 1. The van der Waals surface area contributed by atoms with Crippen molar-refractivity contribution in [2.24, 2.45) is 17.8 Å². The lowest BCUT2D eigenvalue weighted by molar-refractivity contribution is 0.260. The number of para-hydroxylation sites is 1. The van der Waals surface area contributed by atoms with Crippen LogP contribution in [0.25, 0.3) is 0 Å². The molecule has 1 N–H and O–H groups in total. The van der Waals surface area contributed by atoms with Crippen molar-refractivity contribution >= 4 is 5.95 Å². The van der Waals surface area contributed by atoms with Crippen molar-refractivity contribution in [2.45, 2.75) is 0 Å². The van der Waals surface area contributed by atoms with E-state index in [-0.39, 0.29) is 0 Å². The fraction of sp³-hybridized carbons (Fsp3) is 0.375. The standard InChI is InChI=1S/C16H17N3O2/c20-10-14-12-8-19(9-13(12)14)16-17-7-6-15(18-16)21-11-4-2-1-3-5-11/h1-7,12-14,20H,8-10H2/t12-,13+,14?. The smallest absolute Gasteiger partial charge is 0.228 e. The van der Waals surface area contributed by atoms with E-state index in [0.29, 0.717) is 36.2 Å². The highest BCUT2D eigenvalue weighted by Crippen LogP contribution is 2.51. The van der Waals surface area contributed by atoms with Gasteiger partial charge in [-0.25, -0.2) is 4.98 Å². The molecule has 2 aliphatic rings. The van der Waals surface area contributed by atoms with Crippen LogP contribution in [0.1, 0.15) is 0 Å². The molecule has 2 aromatic rings. The fourth-order valence-electron chi connectivity index (χ4n) is 3.23. The predicted octanol–water partition coefficient (Wildman–Crippen LogP) is 1.94. The van der Waals surface area contributed by atoms with E-state index in [9.17, 15) is 5.11 Å². The molecule has 1 unspecified atom stereocenters. The molecule has 1 aromatic heterocycles. The van der Waals surface area contributed by atoms with Crippen molar-refractivity contribution in [1.82, 2.24) is 9.97 Å². The van der Waals surface area contributed by atoms with Gasteiger partial charge in [-0.2, -0.15) is 4.98 Å². The highest BCUT2D eigenvalue weighted by Gasteiger charge is 2.55. The van der Waals surface area contributed by atoms with Crippen LogP contribution in [-0.2, 0) is 0 Å². The van der Waals surface area contributed by atoms with Gasteiger partial charge in [-0.1, -0.05) is 18.2 Å². The molecule has 108 valence electrons. The van der Waals surface area contributed by atoms with E-state index >= 15 is 0 Å². The van der Waals surface area contributed by atoms with Gasteiger partial charge in [-0.15, -0.1) is 0 Å². The lowest BCUT2D eigenvalue weighted by Crippen LogP contribution is -2.26. The summed E-state index contributed by atoms with van der Waals surface area (Å²) in [6, 6.07) is 11.4. The number of aliphatic hydroxyl groups excluding tert-OH is 1. The number of hydrogen-bond acceptors (Lipinski definition) is 5. The quantitative estimate of drug-likeness (QED) is 0.929. The predicted molar refractivity (Wildman–Crippen MR) is 78.3 cm³/mol. The van der Waals surface area contributed by atoms with Gasteiger partial charge >= 0.3 is 0 Å². The Bertz CT molecular complexity index is 622. The van der Waals surface area contributed by atoms with Gasteiger partial charge in [0.05, 0.1) is 0 Å². The minimum atomic E-state index is 0.307. The zero-order chi connectivity index (χ0) is 14.2. The summed E-state index contributed by atoms with van der Waals surface area (Å²) < 4.78 is 5.74. The molecule has 21 heavy (non-hydrogen) atoms. The third-order valence-corrected chi connectivity index (χ3v) is 4.45. The van der Waals surface area contributed by atoms with Gasteiger partial charge in [-0.05, 0) is 29.9 Å². The molecule has 3 atom stereocenters. The number of aromatic nitrogens is 2. The molecule has 1 aliphatic carbocycles. The van der Waals surface area contributed by atoms with Gasteiger partial charge in [0.1, 0.15) is 5.75 Å². The van der Waals surface area contributed by atoms with E-state index in [1.165, 1.54) is 0 Å². The van der Waals surface area contributed by atoms with Crippen molar-refractivity contribution < 1.29 is 9.84 Å². The number of rotatable bonds is 4. The number of nitrogens with zero attached hydrogens (tertiary/aromatic N) is 3. The maximum absolute atomic E-state index is 9.21. The summed E-state index contributed by atoms with van der Waals surface area (Å²) in [6.07, 6.45) is 1.73. The number of hydrogen-bond donors (Lipinski definition) is 1. The van der Waals surface area contributed by atoms with Gasteiger partial charge in [0.2, 0.25) is 11.8 Å². The van der Waals surface area contributed by atoms with Crippen LogP contribution < -0.4 is 9.64 Å². The van der Waals surface area contributed by atoms with Gasteiger partial charge in [0, 0.05) is 32.0 Å². The van der Waals surface area contributed by atoms with E-state index in [1.54, 1.807) is 12.3 Å². The van der Waals surface area contributed by atoms with Crippen LogP contribution >= 0.6 is 0 Å². The molecular weight excluding hydrogens is 266 g/mol. The Morgan fingerprint density at radius 1 is 1.14 bits per heavy atom. The number of aliphatic hydroxyl groups is 1. The van der Waals surface area contributed by atoms with E-state index < -0.39 is 0 Å². The monoisotopic (exact) mass is 283 g/mol. The van der Waals surface area contributed by atoms with Crippen LogP contribution in [0.4, 0.5) is 5.95 Å². The van der Waals surface area contributed by atoms with Gasteiger partial charge in [0.15, 0.2) is 0 Å². The third-order valence-electron chi connectivity index (χ3n) is 4.45. The molecule has 0 amide bonds. The highest BCUT2D eigenvalue weighted by atomic mass is 16.5. The lowest BCUT2D eigenvalue weighted by Gasteiger charge is -2.19. The topological polar surface area (TPSA) is 58.5 Å². The molecule has 1 aromatic carbocycles. The number of benzene rings is 1. The van der Waals surface area contributed by atoms with Gasteiger partial charge < -0.3 is 14.7 Å². The van der Waals surface area contributed by atoms with Crippen LogP contribution in [0, 0.1) is 17.8 Å². The molecule has 4 rings (SSSR count).